The zero-order chi connectivity index (χ0) is 19.4. The summed E-state index contributed by atoms with van der Waals surface area (Å²) >= 11 is 7.49. The maximum Gasteiger partial charge on any atom is 0.337 e. The molecule has 0 atom stereocenters. The van der Waals surface area contributed by atoms with Crippen LogP contribution in [0, 0.1) is 6.92 Å². The minimum atomic E-state index is -1.24. The van der Waals surface area contributed by atoms with Crippen molar-refractivity contribution >= 4 is 52.5 Å². The summed E-state index contributed by atoms with van der Waals surface area (Å²) in [6.45, 7) is 3.67. The maximum absolute atomic E-state index is 12.6. The first kappa shape index (κ1) is 19.7. The van der Waals surface area contributed by atoms with Gasteiger partial charge >= 0.3 is 11.9 Å². The summed E-state index contributed by atoms with van der Waals surface area (Å²) in [4.78, 5) is 36.8. The molecule has 2 rings (SSSR count). The molecular formula is C18H16ClNO5S. The molecule has 6 nitrogen and oxygen atoms in total. The van der Waals surface area contributed by atoms with Crippen molar-refractivity contribution in [2.24, 2.45) is 0 Å². The van der Waals surface area contributed by atoms with Gasteiger partial charge in [-0.1, -0.05) is 23.8 Å². The molecule has 0 bridgehead atoms. The molecule has 0 unspecified atom stereocenters. The predicted octanol–water partition coefficient (Wildman–Crippen LogP) is 4.48. The standard InChI is InChI=1S/C18H16ClNO5S/c1-4-5-11-9(2)26-15(14(11)19)16(21)20-13-8-10(18(24)25-3)6-7-12(13)17(22)23/h4-8H,1-3H3,(H,20,21)(H,22,23)/b5-4-. The zero-order valence-corrected chi connectivity index (χ0v) is 15.8. The Morgan fingerprint density at radius 1 is 1.31 bits per heavy atom. The van der Waals surface area contributed by atoms with Crippen LogP contribution in [-0.2, 0) is 4.74 Å². The number of ether oxygens (including phenoxy) is 1. The molecule has 1 heterocycles. The van der Waals surface area contributed by atoms with Gasteiger partial charge in [-0.05, 0) is 32.0 Å². The summed E-state index contributed by atoms with van der Waals surface area (Å²) in [7, 11) is 1.21. The van der Waals surface area contributed by atoms with Crippen molar-refractivity contribution in [3.05, 3.63) is 55.7 Å². The number of hydrogen-bond acceptors (Lipinski definition) is 5. The van der Waals surface area contributed by atoms with Gasteiger partial charge < -0.3 is 15.2 Å². The monoisotopic (exact) mass is 393 g/mol. The van der Waals surface area contributed by atoms with Gasteiger partial charge in [0.25, 0.3) is 5.91 Å². The van der Waals surface area contributed by atoms with E-state index in [1.165, 1.54) is 36.6 Å². The Hall–Kier alpha value is -2.64. The molecule has 2 N–H and O–H groups in total. The van der Waals surface area contributed by atoms with Crippen LogP contribution in [-0.4, -0.2) is 30.1 Å². The van der Waals surface area contributed by atoms with Crippen molar-refractivity contribution in [2.45, 2.75) is 13.8 Å². The van der Waals surface area contributed by atoms with E-state index < -0.39 is 17.8 Å². The number of anilines is 1. The van der Waals surface area contributed by atoms with E-state index in [1.807, 2.05) is 19.9 Å². The number of benzene rings is 1. The number of hydrogen-bond donors (Lipinski definition) is 2. The molecule has 0 aliphatic heterocycles. The summed E-state index contributed by atoms with van der Waals surface area (Å²) in [5.74, 6) is -2.43. The van der Waals surface area contributed by atoms with Crippen LogP contribution >= 0.6 is 22.9 Å². The number of allylic oxidation sites excluding steroid dienone is 1. The number of carboxylic acids is 1. The quantitative estimate of drug-likeness (QED) is 0.730. The number of nitrogens with one attached hydrogen (secondary N) is 1. The fourth-order valence-corrected chi connectivity index (χ4v) is 3.68. The molecule has 1 aromatic heterocycles. The third-order valence-corrected chi connectivity index (χ3v) is 5.15. The average Bonchev–Trinajstić information content (AvgIpc) is 2.89. The molecule has 0 fully saturated rings. The molecule has 0 saturated carbocycles. The molecule has 0 aliphatic rings. The number of carbonyl (C=O) groups excluding carboxylic acids is 2. The van der Waals surface area contributed by atoms with E-state index in [0.717, 1.165) is 10.4 Å². The van der Waals surface area contributed by atoms with E-state index in [1.54, 1.807) is 6.08 Å². The van der Waals surface area contributed by atoms with E-state index in [2.05, 4.69) is 10.1 Å². The summed E-state index contributed by atoms with van der Waals surface area (Å²) in [6, 6.07) is 3.81. The molecule has 136 valence electrons. The number of methoxy groups -OCH3 is 1. The van der Waals surface area contributed by atoms with E-state index in [-0.39, 0.29) is 21.7 Å². The number of thiophene rings is 1. The van der Waals surface area contributed by atoms with Crippen LogP contribution in [0.1, 0.15) is 47.8 Å². The highest BCUT2D eigenvalue weighted by molar-refractivity contribution is 7.15. The van der Waals surface area contributed by atoms with E-state index in [9.17, 15) is 19.5 Å². The molecular weight excluding hydrogens is 378 g/mol. The first-order chi connectivity index (χ1) is 12.3. The lowest BCUT2D eigenvalue weighted by Gasteiger charge is -2.10. The molecule has 0 radical (unpaired) electrons. The number of rotatable bonds is 5. The zero-order valence-electron chi connectivity index (χ0n) is 14.3. The van der Waals surface area contributed by atoms with Gasteiger partial charge in [0, 0.05) is 10.4 Å². The lowest BCUT2D eigenvalue weighted by Crippen LogP contribution is -2.15. The molecule has 2 aromatic rings. The minimum Gasteiger partial charge on any atom is -0.478 e. The number of esters is 1. The lowest BCUT2D eigenvalue weighted by atomic mass is 10.1. The van der Waals surface area contributed by atoms with Crippen molar-refractivity contribution in [1.82, 2.24) is 0 Å². The second kappa shape index (κ2) is 8.16. The molecule has 0 spiro atoms. The number of carbonyl (C=O) groups is 3. The van der Waals surface area contributed by atoms with Gasteiger partial charge in [0.15, 0.2) is 0 Å². The number of aromatic carboxylic acids is 1. The van der Waals surface area contributed by atoms with Crippen molar-refractivity contribution in [3.8, 4) is 0 Å². The normalized spacial score (nSPS) is 10.8. The molecule has 0 saturated heterocycles. The van der Waals surface area contributed by atoms with Crippen LogP contribution in [0.5, 0.6) is 0 Å². The first-order valence-electron chi connectivity index (χ1n) is 7.48. The average molecular weight is 394 g/mol. The Labute approximate surface area is 159 Å². The van der Waals surface area contributed by atoms with Gasteiger partial charge in [-0.25, -0.2) is 9.59 Å². The van der Waals surface area contributed by atoms with Gasteiger partial charge in [0.05, 0.1) is 28.9 Å². The summed E-state index contributed by atoms with van der Waals surface area (Å²) in [5, 5.41) is 12.1. The van der Waals surface area contributed by atoms with Crippen molar-refractivity contribution in [3.63, 3.8) is 0 Å². The van der Waals surface area contributed by atoms with Crippen molar-refractivity contribution in [1.29, 1.82) is 0 Å². The minimum absolute atomic E-state index is 0.0138. The summed E-state index contributed by atoms with van der Waals surface area (Å²) < 4.78 is 4.62. The smallest absolute Gasteiger partial charge is 0.337 e. The molecule has 26 heavy (non-hydrogen) atoms. The van der Waals surface area contributed by atoms with Crippen molar-refractivity contribution in [2.75, 3.05) is 12.4 Å². The Balaban J connectivity index is 2.44. The van der Waals surface area contributed by atoms with Crippen LogP contribution in [0.3, 0.4) is 0 Å². The molecule has 1 aromatic carbocycles. The highest BCUT2D eigenvalue weighted by atomic mass is 35.5. The Bertz CT molecular complexity index is 917. The molecule has 8 heteroatoms. The fraction of sp³-hybridized carbons (Fsp3) is 0.167. The maximum atomic E-state index is 12.6. The van der Waals surface area contributed by atoms with E-state index in [4.69, 9.17) is 11.6 Å². The SMILES string of the molecule is C/C=C\c1c(C)sc(C(=O)Nc2cc(C(=O)OC)ccc2C(=O)O)c1Cl. The molecule has 1 amide bonds. The van der Waals surface area contributed by atoms with Crippen molar-refractivity contribution < 1.29 is 24.2 Å². The Kier molecular flexibility index (Phi) is 6.18. The largest absolute Gasteiger partial charge is 0.478 e. The van der Waals surface area contributed by atoms with Gasteiger partial charge in [-0.3, -0.25) is 4.79 Å². The second-order valence-electron chi connectivity index (χ2n) is 5.23. The number of amides is 1. The fourth-order valence-electron chi connectivity index (χ4n) is 2.29. The van der Waals surface area contributed by atoms with E-state index in [0.29, 0.717) is 5.02 Å². The predicted molar refractivity (Wildman–Crippen MR) is 101 cm³/mol. The highest BCUT2D eigenvalue weighted by Crippen LogP contribution is 2.34. The lowest BCUT2D eigenvalue weighted by molar-refractivity contribution is 0.0598. The third kappa shape index (κ3) is 3.95. The van der Waals surface area contributed by atoms with Gasteiger partial charge in [-0.2, -0.15) is 0 Å². The van der Waals surface area contributed by atoms with Crippen LogP contribution in [0.2, 0.25) is 5.02 Å². The van der Waals surface area contributed by atoms with Crippen LogP contribution in [0.15, 0.2) is 24.3 Å². The van der Waals surface area contributed by atoms with E-state index >= 15 is 0 Å². The van der Waals surface area contributed by atoms with Crippen LogP contribution in [0.25, 0.3) is 6.08 Å². The van der Waals surface area contributed by atoms with Crippen LogP contribution < -0.4 is 5.32 Å². The summed E-state index contributed by atoms with van der Waals surface area (Å²) in [6.07, 6.45) is 3.61. The Morgan fingerprint density at radius 2 is 2.00 bits per heavy atom. The highest BCUT2D eigenvalue weighted by Gasteiger charge is 2.21. The molecule has 0 aliphatic carbocycles. The van der Waals surface area contributed by atoms with Crippen LogP contribution in [0.4, 0.5) is 5.69 Å². The summed E-state index contributed by atoms with van der Waals surface area (Å²) in [5.41, 5.74) is 0.700. The second-order valence-corrected chi connectivity index (χ2v) is 6.83. The number of halogens is 1. The number of aryl methyl sites for hydroxylation is 1. The Morgan fingerprint density at radius 3 is 2.58 bits per heavy atom. The van der Waals surface area contributed by atoms with Gasteiger partial charge in [-0.15, -0.1) is 11.3 Å². The van der Waals surface area contributed by atoms with Gasteiger partial charge in [0.2, 0.25) is 0 Å². The topological polar surface area (TPSA) is 92.7 Å². The third-order valence-electron chi connectivity index (χ3n) is 3.53. The first-order valence-corrected chi connectivity index (χ1v) is 8.68. The number of carboxylic acid groups (broad SMARTS) is 1. The van der Waals surface area contributed by atoms with Gasteiger partial charge in [0.1, 0.15) is 4.88 Å².